The summed E-state index contributed by atoms with van der Waals surface area (Å²) in [5, 5.41) is 14.4. The zero-order chi connectivity index (χ0) is 22.1. The number of aromatic hydroxyl groups is 1. The van der Waals surface area contributed by atoms with E-state index >= 15 is 0 Å². The lowest BCUT2D eigenvalue weighted by molar-refractivity contribution is -0.130. The van der Waals surface area contributed by atoms with Gasteiger partial charge in [0.25, 0.3) is 5.91 Å². The van der Waals surface area contributed by atoms with Crippen LogP contribution >= 0.6 is 11.6 Å². The maximum atomic E-state index is 12.9. The van der Waals surface area contributed by atoms with E-state index in [4.69, 9.17) is 11.6 Å². The molecule has 0 radical (unpaired) electrons. The molecule has 0 aromatic heterocycles. The summed E-state index contributed by atoms with van der Waals surface area (Å²) in [6, 6.07) is 12.7. The number of amides is 3. The van der Waals surface area contributed by atoms with Crippen molar-refractivity contribution in [2.75, 3.05) is 14.1 Å². The van der Waals surface area contributed by atoms with Crippen molar-refractivity contribution in [3.8, 4) is 5.75 Å². The van der Waals surface area contributed by atoms with Gasteiger partial charge in [-0.2, -0.15) is 5.43 Å². The molecule has 2 heterocycles. The fourth-order valence-electron chi connectivity index (χ4n) is 3.41. The van der Waals surface area contributed by atoms with Gasteiger partial charge in [0.15, 0.2) is 0 Å². The van der Waals surface area contributed by atoms with Crippen LogP contribution in [0.3, 0.4) is 0 Å². The van der Waals surface area contributed by atoms with Crippen LogP contribution in [0, 0.1) is 0 Å². The van der Waals surface area contributed by atoms with Gasteiger partial charge in [-0.3, -0.25) is 9.69 Å². The molecule has 10 heteroatoms. The Morgan fingerprint density at radius 1 is 1.16 bits per heavy atom. The van der Waals surface area contributed by atoms with Gasteiger partial charge in [-0.1, -0.05) is 35.9 Å². The number of hydrazone groups is 1. The molecule has 9 nitrogen and oxygen atoms in total. The highest BCUT2D eigenvalue weighted by Crippen LogP contribution is 2.21. The third-order valence-electron chi connectivity index (χ3n) is 5.05. The summed E-state index contributed by atoms with van der Waals surface area (Å²) in [6.07, 6.45) is 1.53. The molecule has 2 N–H and O–H groups in total. The summed E-state index contributed by atoms with van der Waals surface area (Å²) in [6.45, 7) is 0.348. The van der Waals surface area contributed by atoms with Gasteiger partial charge in [-0.15, -0.1) is 5.10 Å². The summed E-state index contributed by atoms with van der Waals surface area (Å²) in [5.41, 5.74) is 4.46. The highest BCUT2D eigenvalue weighted by Gasteiger charge is 2.54. The Morgan fingerprint density at radius 3 is 2.61 bits per heavy atom. The summed E-state index contributed by atoms with van der Waals surface area (Å²) in [5.74, 6) is 0.415. The molecule has 1 fully saturated rings. The highest BCUT2D eigenvalue weighted by molar-refractivity contribution is 6.30. The number of phenols is 1. The minimum atomic E-state index is -0.762. The van der Waals surface area contributed by atoms with Gasteiger partial charge >= 0.3 is 17.8 Å². The number of imide groups is 1. The number of nitrogens with zero attached hydrogens (tertiary/aromatic N) is 5. The first-order valence-corrected chi connectivity index (χ1v) is 9.83. The molecule has 0 spiro atoms. The molecule has 1 saturated heterocycles. The van der Waals surface area contributed by atoms with Gasteiger partial charge in [-0.05, 0) is 35.4 Å². The second-order valence-corrected chi connectivity index (χ2v) is 7.59. The van der Waals surface area contributed by atoms with Crippen molar-refractivity contribution in [3.63, 3.8) is 0 Å². The number of halogens is 1. The Hall–Kier alpha value is -3.81. The maximum Gasteiger partial charge on any atom is 0.421 e. The number of nitrogens with one attached hydrogen (secondary N) is 1. The van der Waals surface area contributed by atoms with Gasteiger partial charge in [0.1, 0.15) is 5.75 Å². The Bertz CT molecular complexity index is 1140. The number of guanidine groups is 1. The SMILES string of the molecule is CN1C(=O)C2C(=[N+]=C(N/N=C/c3cccc(O)c3)N2Cc2ccc(Cl)cc2)N(C)C1=O. The number of likely N-dealkylation sites (N-methyl/N-ethyl adjacent to an activating group) is 2. The van der Waals surface area contributed by atoms with Crippen LogP contribution in [0.1, 0.15) is 11.1 Å². The van der Waals surface area contributed by atoms with Gasteiger partial charge < -0.3 is 5.11 Å². The Kier molecular flexibility index (Phi) is 5.37. The third kappa shape index (κ3) is 3.96. The highest BCUT2D eigenvalue weighted by atomic mass is 35.5. The van der Waals surface area contributed by atoms with Crippen LogP contribution in [0.2, 0.25) is 5.02 Å². The van der Waals surface area contributed by atoms with E-state index in [-0.39, 0.29) is 11.7 Å². The number of hydrogen-bond donors (Lipinski definition) is 2. The predicted octanol–water partition coefficient (Wildman–Crippen LogP) is 1.20. The zero-order valence-electron chi connectivity index (χ0n) is 16.9. The molecule has 2 aromatic carbocycles. The van der Waals surface area contributed by atoms with E-state index < -0.39 is 12.1 Å². The molecule has 3 amide bonds. The van der Waals surface area contributed by atoms with E-state index in [1.54, 1.807) is 48.3 Å². The van der Waals surface area contributed by atoms with Crippen molar-refractivity contribution < 1.29 is 14.7 Å². The monoisotopic (exact) mass is 439 g/mol. The van der Waals surface area contributed by atoms with Crippen LogP contribution in [-0.4, -0.2) is 69.9 Å². The summed E-state index contributed by atoms with van der Waals surface area (Å²) >= 11 is 5.99. The molecule has 158 valence electrons. The summed E-state index contributed by atoms with van der Waals surface area (Å²) in [4.78, 5) is 29.5. The number of fused-ring (bicyclic) bond motifs is 1. The zero-order valence-corrected chi connectivity index (χ0v) is 17.6. The average molecular weight is 440 g/mol. The Morgan fingerprint density at radius 2 is 1.90 bits per heavy atom. The standard InChI is InChI=1S/C21H19ClN6O3/c1-26-18-17(19(30)27(2)21(26)31)28(12-13-6-8-15(22)9-7-13)20(24-18)25-23-11-14-4-3-5-16(29)10-14/h3-11,17,29H,12H2,1-2H3/p+1/b23-11+. The molecule has 2 aliphatic heterocycles. The molecule has 1 atom stereocenters. The van der Waals surface area contributed by atoms with Crippen LogP contribution in [0.25, 0.3) is 0 Å². The van der Waals surface area contributed by atoms with Gasteiger partial charge in [-0.25, -0.2) is 19.3 Å². The van der Waals surface area contributed by atoms with Crippen LogP contribution in [-0.2, 0) is 11.3 Å². The minimum Gasteiger partial charge on any atom is -0.508 e. The Balaban J connectivity index is 1.64. The van der Waals surface area contributed by atoms with Crippen molar-refractivity contribution in [2.24, 2.45) is 5.10 Å². The van der Waals surface area contributed by atoms with Crippen molar-refractivity contribution in [1.82, 2.24) is 24.8 Å². The second-order valence-electron chi connectivity index (χ2n) is 7.15. The lowest BCUT2D eigenvalue weighted by Crippen LogP contribution is -2.63. The van der Waals surface area contributed by atoms with E-state index in [0.29, 0.717) is 28.9 Å². The quantitative estimate of drug-likeness (QED) is 0.423. The van der Waals surface area contributed by atoms with Crippen LogP contribution in [0.5, 0.6) is 5.75 Å². The van der Waals surface area contributed by atoms with Crippen LogP contribution in [0.4, 0.5) is 4.79 Å². The van der Waals surface area contributed by atoms with Gasteiger partial charge in [0.05, 0.1) is 19.8 Å². The molecule has 0 saturated carbocycles. The minimum absolute atomic E-state index is 0.127. The summed E-state index contributed by atoms with van der Waals surface area (Å²) in [7, 11) is 3.03. The van der Waals surface area contributed by atoms with Crippen molar-refractivity contribution in [3.05, 3.63) is 64.7 Å². The predicted molar refractivity (Wildman–Crippen MR) is 118 cm³/mol. The molecule has 0 aliphatic carbocycles. The number of urea groups is 1. The normalized spacial score (nSPS) is 18.4. The molecule has 1 unspecified atom stereocenters. The van der Waals surface area contributed by atoms with Crippen molar-refractivity contribution in [1.29, 1.82) is 0 Å². The van der Waals surface area contributed by atoms with E-state index in [0.717, 1.165) is 10.5 Å². The molecule has 2 aromatic rings. The average Bonchev–Trinajstić information content (AvgIpc) is 3.11. The lowest BCUT2D eigenvalue weighted by Gasteiger charge is -2.31. The molecule has 0 bridgehead atoms. The lowest BCUT2D eigenvalue weighted by atomic mass is 10.1. The fourth-order valence-corrected chi connectivity index (χ4v) is 3.54. The van der Waals surface area contributed by atoms with Crippen LogP contribution in [0.15, 0.2) is 53.6 Å². The number of carbonyl (C=O) groups excluding carboxylic acids is 2. The first-order valence-electron chi connectivity index (χ1n) is 9.45. The number of phenolic OH excluding ortho intramolecular Hbond substituents is 1. The number of hydrogen-bond acceptors (Lipinski definition) is 6. The van der Waals surface area contributed by atoms with Gasteiger partial charge in [0.2, 0.25) is 6.04 Å². The van der Waals surface area contributed by atoms with Crippen molar-refractivity contribution in [2.45, 2.75) is 12.6 Å². The molecule has 31 heavy (non-hydrogen) atoms. The number of carbonyl (C=O) groups is 2. The molecule has 4 rings (SSSR count). The fraction of sp³-hybridized carbons (Fsp3) is 0.190. The first kappa shape index (κ1) is 20.5. The van der Waals surface area contributed by atoms with E-state index in [1.807, 2.05) is 12.1 Å². The number of rotatable bonds is 4. The topological polar surface area (TPSA) is 103 Å². The van der Waals surface area contributed by atoms with Gasteiger partial charge in [0, 0.05) is 12.1 Å². The largest absolute Gasteiger partial charge is 0.508 e. The number of benzene rings is 2. The smallest absolute Gasteiger partial charge is 0.421 e. The first-order chi connectivity index (χ1) is 14.8. The molecular weight excluding hydrogens is 420 g/mol. The van der Waals surface area contributed by atoms with E-state index in [2.05, 4.69) is 15.2 Å². The van der Waals surface area contributed by atoms with E-state index in [9.17, 15) is 14.7 Å². The molecular formula is C21H20ClN6O3+. The summed E-state index contributed by atoms with van der Waals surface area (Å²) < 4.78 is 4.49. The second kappa shape index (κ2) is 8.14. The number of amidine groups is 1. The maximum absolute atomic E-state index is 12.9. The van der Waals surface area contributed by atoms with Crippen molar-refractivity contribution >= 4 is 41.5 Å². The third-order valence-corrected chi connectivity index (χ3v) is 5.30. The Labute approximate surface area is 183 Å². The van der Waals surface area contributed by atoms with Crippen LogP contribution < -0.4 is 10.1 Å². The van der Waals surface area contributed by atoms with E-state index in [1.165, 1.54) is 18.2 Å². The molecule has 2 aliphatic rings.